The Bertz CT molecular complexity index is 868. The first kappa shape index (κ1) is 23.9. The zero-order chi connectivity index (χ0) is 22.7. The van der Waals surface area contributed by atoms with Gasteiger partial charge in [-0.1, -0.05) is 19.9 Å². The number of hydrogen-bond donors (Lipinski definition) is 1. The Labute approximate surface area is 172 Å². The Morgan fingerprint density at radius 2 is 1.93 bits per heavy atom. The Balaban J connectivity index is 0.000000396. The molecule has 168 valence electrons. The number of amides is 1. The first-order valence-corrected chi connectivity index (χ1v) is 10.8. The van der Waals surface area contributed by atoms with Gasteiger partial charge in [0.25, 0.3) is 0 Å². The van der Waals surface area contributed by atoms with Gasteiger partial charge >= 0.3 is 12.1 Å². The molecule has 1 aromatic heterocycles. The summed E-state index contributed by atoms with van der Waals surface area (Å²) in [5.74, 6) is -2.27. The first-order chi connectivity index (χ1) is 13.8. The molecule has 0 aliphatic carbocycles. The fourth-order valence-corrected chi connectivity index (χ4v) is 5.85. The van der Waals surface area contributed by atoms with Gasteiger partial charge in [0.1, 0.15) is 4.75 Å². The lowest BCUT2D eigenvalue weighted by Gasteiger charge is -2.50. The van der Waals surface area contributed by atoms with Gasteiger partial charge in [0.05, 0.1) is 12.4 Å². The summed E-state index contributed by atoms with van der Waals surface area (Å²) < 4.78 is 61.6. The third kappa shape index (κ3) is 5.02. The molecule has 1 spiro atoms. The van der Waals surface area contributed by atoms with E-state index >= 15 is 0 Å². The second-order valence-corrected chi connectivity index (χ2v) is 9.95. The van der Waals surface area contributed by atoms with Gasteiger partial charge in [0.2, 0.25) is 11.8 Å². The van der Waals surface area contributed by atoms with Gasteiger partial charge in [-0.05, 0) is 12.5 Å². The highest BCUT2D eigenvalue weighted by atomic mass is 32.2. The number of rotatable bonds is 4. The lowest BCUT2D eigenvalue weighted by atomic mass is 9.83. The molecule has 2 aliphatic heterocycles. The van der Waals surface area contributed by atoms with E-state index < -0.39 is 26.7 Å². The summed E-state index contributed by atoms with van der Waals surface area (Å²) in [7, 11) is -3.19. The average Bonchev–Trinajstić information content (AvgIpc) is 2.89. The van der Waals surface area contributed by atoms with Crippen molar-refractivity contribution in [3.63, 3.8) is 0 Å². The lowest BCUT2D eigenvalue weighted by Crippen LogP contribution is -2.69. The van der Waals surface area contributed by atoms with Crippen molar-refractivity contribution >= 4 is 21.7 Å². The van der Waals surface area contributed by atoms with Gasteiger partial charge in [-0.25, -0.2) is 18.2 Å². The quantitative estimate of drug-likeness (QED) is 0.741. The van der Waals surface area contributed by atoms with E-state index in [0.717, 1.165) is 0 Å². The molecule has 0 radical (unpaired) electrons. The molecule has 0 aromatic carbocycles. The molecule has 0 saturated carbocycles. The van der Waals surface area contributed by atoms with Crippen LogP contribution in [0.1, 0.15) is 20.3 Å². The van der Waals surface area contributed by atoms with Gasteiger partial charge in [0, 0.05) is 37.2 Å². The van der Waals surface area contributed by atoms with Crippen LogP contribution in [0.5, 0.6) is 5.88 Å². The number of carbonyl (C=O) groups is 2. The van der Waals surface area contributed by atoms with Crippen molar-refractivity contribution in [2.75, 3.05) is 25.4 Å². The summed E-state index contributed by atoms with van der Waals surface area (Å²) in [5, 5.41) is 7.12. The maximum atomic E-state index is 12.5. The van der Waals surface area contributed by atoms with Crippen LogP contribution in [0, 0.1) is 11.8 Å². The van der Waals surface area contributed by atoms with Crippen LogP contribution in [-0.4, -0.2) is 71.7 Å². The molecule has 12 heteroatoms. The number of ether oxygens (including phenoxy) is 1. The molecular weight excluding hydrogens is 429 g/mol. The van der Waals surface area contributed by atoms with Crippen LogP contribution in [0.25, 0.3) is 0 Å². The summed E-state index contributed by atoms with van der Waals surface area (Å²) in [5.41, 5.74) is 0. The van der Waals surface area contributed by atoms with Crippen molar-refractivity contribution in [3.05, 3.63) is 24.4 Å². The number of sulfone groups is 1. The van der Waals surface area contributed by atoms with Crippen molar-refractivity contribution < 1.29 is 41.0 Å². The number of hydrogen-bond acceptors (Lipinski definition) is 6. The summed E-state index contributed by atoms with van der Waals surface area (Å²) >= 11 is 0. The van der Waals surface area contributed by atoms with E-state index in [-0.39, 0.29) is 23.5 Å². The van der Waals surface area contributed by atoms with Gasteiger partial charge in [-0.3, -0.25) is 4.79 Å². The molecule has 0 bridgehead atoms. The van der Waals surface area contributed by atoms with Crippen molar-refractivity contribution in [1.29, 1.82) is 0 Å². The highest BCUT2D eigenvalue weighted by Gasteiger charge is 2.62. The maximum absolute atomic E-state index is 12.5. The molecule has 1 aromatic rings. The van der Waals surface area contributed by atoms with E-state index in [9.17, 15) is 26.4 Å². The molecule has 1 unspecified atom stereocenters. The van der Waals surface area contributed by atoms with E-state index in [0.29, 0.717) is 32.0 Å². The minimum Gasteiger partial charge on any atom is -0.477 e. The standard InChI is InChI=1S/C16H22N2O4S.C2HF3O2/c1-12(2)15(19)18-10-16(11-18)13(6-8-23(16,20)21)9-22-14-5-3-4-7-17-14;3-2(4,5)1(6)7/h3-5,7,12-13H,6,8-11H2,1-2H3;(H,6,7). The van der Waals surface area contributed by atoms with E-state index in [1.807, 2.05) is 19.9 Å². The van der Waals surface area contributed by atoms with Crippen LogP contribution in [-0.2, 0) is 19.4 Å². The van der Waals surface area contributed by atoms with Gasteiger partial charge in [-0.15, -0.1) is 0 Å². The Morgan fingerprint density at radius 1 is 1.33 bits per heavy atom. The van der Waals surface area contributed by atoms with Crippen LogP contribution >= 0.6 is 0 Å². The molecule has 2 fully saturated rings. The monoisotopic (exact) mass is 452 g/mol. The molecule has 3 rings (SSSR count). The number of nitrogens with zero attached hydrogens (tertiary/aromatic N) is 2. The maximum Gasteiger partial charge on any atom is 0.490 e. The summed E-state index contributed by atoms with van der Waals surface area (Å²) in [6.45, 7) is 4.57. The Morgan fingerprint density at radius 3 is 2.40 bits per heavy atom. The largest absolute Gasteiger partial charge is 0.490 e. The van der Waals surface area contributed by atoms with Crippen molar-refractivity contribution in [2.24, 2.45) is 11.8 Å². The number of pyridine rings is 1. The Hall–Kier alpha value is -2.37. The molecule has 30 heavy (non-hydrogen) atoms. The SMILES string of the molecule is CC(C)C(=O)N1CC2(C1)C(COc1ccccn1)CCS2(=O)=O.O=C(O)C(F)(F)F. The van der Waals surface area contributed by atoms with Crippen molar-refractivity contribution in [1.82, 2.24) is 9.88 Å². The molecular formula is C18H23F3N2O6S. The minimum atomic E-state index is -5.08. The van der Waals surface area contributed by atoms with Gasteiger partial charge < -0.3 is 14.7 Å². The van der Waals surface area contributed by atoms with Gasteiger partial charge in [-0.2, -0.15) is 13.2 Å². The van der Waals surface area contributed by atoms with E-state index in [1.165, 1.54) is 0 Å². The van der Waals surface area contributed by atoms with Crippen molar-refractivity contribution in [3.8, 4) is 5.88 Å². The third-order valence-electron chi connectivity index (χ3n) is 5.13. The fraction of sp³-hybridized carbons (Fsp3) is 0.611. The van der Waals surface area contributed by atoms with E-state index in [4.69, 9.17) is 14.6 Å². The number of aliphatic carboxylic acids is 1. The highest BCUT2D eigenvalue weighted by molar-refractivity contribution is 7.93. The molecule has 2 saturated heterocycles. The topological polar surface area (TPSA) is 114 Å². The second-order valence-electron chi connectivity index (χ2n) is 7.50. The summed E-state index contributed by atoms with van der Waals surface area (Å²) in [6.07, 6.45) is -2.86. The normalized spacial score (nSPS) is 21.5. The van der Waals surface area contributed by atoms with E-state index in [1.54, 1.807) is 23.2 Å². The van der Waals surface area contributed by atoms with E-state index in [2.05, 4.69) is 4.98 Å². The van der Waals surface area contributed by atoms with Crippen molar-refractivity contribution in [2.45, 2.75) is 31.2 Å². The molecule has 3 heterocycles. The summed E-state index contributed by atoms with van der Waals surface area (Å²) in [4.78, 5) is 26.7. The third-order valence-corrected chi connectivity index (χ3v) is 7.74. The molecule has 1 N–H and O–H groups in total. The Kier molecular flexibility index (Phi) is 7.00. The van der Waals surface area contributed by atoms with Crippen LogP contribution in [0.2, 0.25) is 0 Å². The number of alkyl halides is 3. The number of likely N-dealkylation sites (tertiary alicyclic amines) is 1. The molecule has 8 nitrogen and oxygen atoms in total. The number of carboxylic acid groups (broad SMARTS) is 1. The van der Waals surface area contributed by atoms with Gasteiger partial charge in [0.15, 0.2) is 9.84 Å². The smallest absolute Gasteiger partial charge is 0.477 e. The zero-order valence-electron chi connectivity index (χ0n) is 16.4. The summed E-state index contributed by atoms with van der Waals surface area (Å²) in [6, 6.07) is 5.39. The predicted molar refractivity (Wildman–Crippen MR) is 99.5 cm³/mol. The number of aromatic nitrogens is 1. The van der Waals surface area contributed by atoms with Crippen LogP contribution in [0.15, 0.2) is 24.4 Å². The number of halogens is 3. The molecule has 2 aliphatic rings. The van der Waals surface area contributed by atoms with Crippen LogP contribution in [0.3, 0.4) is 0 Å². The van der Waals surface area contributed by atoms with Crippen LogP contribution < -0.4 is 4.74 Å². The first-order valence-electron chi connectivity index (χ1n) is 9.15. The zero-order valence-corrected chi connectivity index (χ0v) is 17.2. The molecule has 1 atom stereocenters. The highest BCUT2D eigenvalue weighted by Crippen LogP contribution is 2.45. The fourth-order valence-electron chi connectivity index (χ4n) is 3.45. The van der Waals surface area contributed by atoms with Crippen LogP contribution in [0.4, 0.5) is 13.2 Å². The number of carbonyl (C=O) groups excluding carboxylic acids is 1. The second kappa shape index (κ2) is 8.78. The minimum absolute atomic E-state index is 0.0159. The predicted octanol–water partition coefficient (Wildman–Crippen LogP) is 1.77. The lowest BCUT2D eigenvalue weighted by molar-refractivity contribution is -0.192. The molecule has 1 amide bonds. The average molecular weight is 452 g/mol. The number of carboxylic acids is 1.